The van der Waals surface area contributed by atoms with Gasteiger partial charge in [-0.1, -0.05) is 0 Å². The second-order valence-corrected chi connectivity index (χ2v) is 10.7. The molecule has 0 N–H and O–H groups in total. The zero-order valence-corrected chi connectivity index (χ0v) is 18.9. The molecule has 0 amide bonds. The zero-order chi connectivity index (χ0) is 19.5. The van der Waals surface area contributed by atoms with Crippen molar-refractivity contribution in [3.05, 3.63) is 144 Å². The van der Waals surface area contributed by atoms with Gasteiger partial charge < -0.3 is 0 Å². The Morgan fingerprint density at radius 2 is 0.586 bits per heavy atom. The number of hydrogen-bond donors (Lipinski definition) is 0. The first-order valence-electron chi connectivity index (χ1n) is 9.89. The minimum absolute atomic E-state index is 1.00. The topological polar surface area (TPSA) is 0 Å². The maximum absolute atomic E-state index is 2.27. The minimum atomic E-state index is -1.00. The first-order valence-corrected chi connectivity index (χ1v) is 12.7. The van der Waals surface area contributed by atoms with Crippen molar-refractivity contribution in [3.63, 3.8) is 0 Å². The van der Waals surface area contributed by atoms with Crippen molar-refractivity contribution in [1.29, 1.82) is 0 Å². The van der Waals surface area contributed by atoms with Crippen LogP contribution in [-0.4, -0.2) is 21.1 Å². The van der Waals surface area contributed by atoms with Crippen LogP contribution in [0.5, 0.6) is 0 Å². The van der Waals surface area contributed by atoms with Gasteiger partial charge >= 0.3 is 183 Å². The molecule has 4 aromatic rings. The van der Waals surface area contributed by atoms with E-state index in [-0.39, 0.29) is 0 Å². The van der Waals surface area contributed by atoms with Gasteiger partial charge in [0.1, 0.15) is 0 Å². The van der Waals surface area contributed by atoms with E-state index >= 15 is 0 Å². The van der Waals surface area contributed by atoms with E-state index in [2.05, 4.69) is 121 Å². The summed E-state index contributed by atoms with van der Waals surface area (Å²) in [6.45, 7) is 0. The fraction of sp³-hybridized carbons (Fsp3) is 0. The summed E-state index contributed by atoms with van der Waals surface area (Å²) in [6.07, 6.45) is 0. The summed E-state index contributed by atoms with van der Waals surface area (Å²) in [5.41, 5.74) is 8.23. The van der Waals surface area contributed by atoms with E-state index in [1.54, 1.807) is 7.18 Å². The van der Waals surface area contributed by atoms with E-state index in [9.17, 15) is 0 Å². The van der Waals surface area contributed by atoms with Crippen LogP contribution in [0.2, 0.25) is 0 Å². The molecule has 0 fully saturated rings. The summed E-state index contributed by atoms with van der Waals surface area (Å²) in [6, 6.07) is 43.8. The Morgan fingerprint density at radius 3 is 0.897 bits per heavy atom. The molecule has 1 radical (unpaired) electrons. The molecule has 0 spiro atoms. The Kier molecular flexibility index (Phi) is 5.19. The Labute approximate surface area is 182 Å². The SMILES string of the molecule is c1ccc([C]2=C(c3ccccc3)C(c3ccccc3)=[C](c3ccccc3)[Sn-]2)cc1. The van der Waals surface area contributed by atoms with Crippen LogP contribution in [-0.2, 0) is 0 Å². The zero-order valence-electron chi connectivity index (χ0n) is 16.0. The number of allylic oxidation sites excluding steroid dienone is 2. The van der Waals surface area contributed by atoms with Crippen molar-refractivity contribution >= 4 is 39.5 Å². The third-order valence-corrected chi connectivity index (χ3v) is 9.75. The number of benzene rings is 4. The Bertz CT molecular complexity index is 1080. The molecule has 0 atom stereocenters. The van der Waals surface area contributed by atoms with Gasteiger partial charge in [0.2, 0.25) is 0 Å². The summed E-state index contributed by atoms with van der Waals surface area (Å²) in [5, 5.41) is 0. The number of hydrogen-bond acceptors (Lipinski definition) is 0. The van der Waals surface area contributed by atoms with Crippen LogP contribution < -0.4 is 0 Å². The van der Waals surface area contributed by atoms with Crippen molar-refractivity contribution in [2.75, 3.05) is 0 Å². The third kappa shape index (κ3) is 3.61. The molecular formula is C28H20Sn-. The first-order chi connectivity index (χ1) is 14.4. The van der Waals surface area contributed by atoms with E-state index in [1.165, 1.54) is 33.4 Å². The van der Waals surface area contributed by atoms with E-state index in [1.807, 2.05) is 0 Å². The fourth-order valence-corrected chi connectivity index (χ4v) is 8.67. The predicted molar refractivity (Wildman–Crippen MR) is 125 cm³/mol. The predicted octanol–water partition coefficient (Wildman–Crippen LogP) is 6.84. The summed E-state index contributed by atoms with van der Waals surface area (Å²) in [5.74, 6) is 0. The van der Waals surface area contributed by atoms with E-state index in [0.29, 0.717) is 0 Å². The van der Waals surface area contributed by atoms with E-state index in [4.69, 9.17) is 0 Å². The molecule has 0 unspecified atom stereocenters. The van der Waals surface area contributed by atoms with Crippen LogP contribution in [0.1, 0.15) is 22.3 Å². The van der Waals surface area contributed by atoms with Gasteiger partial charge in [0.25, 0.3) is 0 Å². The summed E-state index contributed by atoms with van der Waals surface area (Å²) >= 11 is -1.00. The van der Waals surface area contributed by atoms with Gasteiger partial charge in [-0.15, -0.1) is 0 Å². The molecule has 0 saturated heterocycles. The summed E-state index contributed by atoms with van der Waals surface area (Å²) in [7, 11) is 0. The van der Waals surface area contributed by atoms with Crippen LogP contribution in [0.4, 0.5) is 0 Å². The van der Waals surface area contributed by atoms with Gasteiger partial charge in [-0.2, -0.15) is 0 Å². The average Bonchev–Trinajstić information content (AvgIpc) is 3.22. The Morgan fingerprint density at radius 1 is 0.310 bits per heavy atom. The normalized spacial score (nSPS) is 13.5. The molecule has 0 nitrogen and oxygen atoms in total. The molecule has 0 bridgehead atoms. The van der Waals surface area contributed by atoms with E-state index in [0.717, 1.165) is 0 Å². The van der Waals surface area contributed by atoms with Gasteiger partial charge in [0.15, 0.2) is 0 Å². The molecule has 4 aromatic carbocycles. The van der Waals surface area contributed by atoms with Crippen molar-refractivity contribution in [2.24, 2.45) is 0 Å². The van der Waals surface area contributed by atoms with Gasteiger partial charge in [-0.25, -0.2) is 0 Å². The molecule has 1 aliphatic heterocycles. The van der Waals surface area contributed by atoms with E-state index < -0.39 is 21.1 Å². The second-order valence-electron chi connectivity index (χ2n) is 7.09. The van der Waals surface area contributed by atoms with Crippen molar-refractivity contribution in [3.8, 4) is 0 Å². The second kappa shape index (κ2) is 8.26. The molecular weight excluding hydrogens is 455 g/mol. The molecule has 5 rings (SSSR count). The molecule has 0 aromatic heterocycles. The Hall–Kier alpha value is -2.84. The van der Waals surface area contributed by atoms with Crippen molar-refractivity contribution in [1.82, 2.24) is 0 Å². The van der Waals surface area contributed by atoms with Gasteiger partial charge in [-0.05, 0) is 0 Å². The standard InChI is InChI=1S/C28H20.Sn/c1-5-13-23(14-6-1)21-27(25-17-9-3-10-18-25)28(26-19-11-4-12-20-26)22-24-15-7-2-8-16-24;/h1-20H;/q;-1. The molecule has 1 heterocycles. The molecule has 29 heavy (non-hydrogen) atoms. The van der Waals surface area contributed by atoms with Crippen LogP contribution >= 0.6 is 0 Å². The first kappa shape index (κ1) is 18.2. The molecule has 0 aliphatic carbocycles. The van der Waals surface area contributed by atoms with Gasteiger partial charge in [-0.3, -0.25) is 0 Å². The summed E-state index contributed by atoms with van der Waals surface area (Å²) < 4.78 is 3.14. The average molecular weight is 475 g/mol. The van der Waals surface area contributed by atoms with Crippen LogP contribution in [0.15, 0.2) is 121 Å². The molecule has 137 valence electrons. The quantitative estimate of drug-likeness (QED) is 0.284. The van der Waals surface area contributed by atoms with Gasteiger partial charge in [0.05, 0.1) is 0 Å². The van der Waals surface area contributed by atoms with Crippen molar-refractivity contribution < 1.29 is 0 Å². The molecule has 1 heteroatoms. The fourth-order valence-electron chi connectivity index (χ4n) is 3.93. The maximum atomic E-state index is 2.27. The monoisotopic (exact) mass is 476 g/mol. The van der Waals surface area contributed by atoms with Crippen LogP contribution in [0, 0.1) is 0 Å². The molecule has 0 saturated carbocycles. The van der Waals surface area contributed by atoms with Crippen LogP contribution in [0.25, 0.3) is 18.3 Å². The molecule has 1 aliphatic rings. The number of rotatable bonds is 4. The van der Waals surface area contributed by atoms with Gasteiger partial charge in [0, 0.05) is 0 Å². The Balaban J connectivity index is 1.81. The van der Waals surface area contributed by atoms with Crippen LogP contribution in [0.3, 0.4) is 0 Å². The third-order valence-electron chi connectivity index (χ3n) is 5.25. The summed E-state index contributed by atoms with van der Waals surface area (Å²) in [4.78, 5) is 0. The van der Waals surface area contributed by atoms with Crippen molar-refractivity contribution in [2.45, 2.75) is 0 Å².